The van der Waals surface area contributed by atoms with Crippen LogP contribution >= 0.6 is 0 Å². The summed E-state index contributed by atoms with van der Waals surface area (Å²) in [6.07, 6.45) is 0. The van der Waals surface area contributed by atoms with Gasteiger partial charge in [-0.1, -0.05) is 0 Å². The van der Waals surface area contributed by atoms with E-state index in [-0.39, 0.29) is 18.4 Å². The van der Waals surface area contributed by atoms with Crippen LogP contribution in [0.2, 0.25) is 0 Å². The van der Waals surface area contributed by atoms with E-state index in [2.05, 4.69) is 5.32 Å². The molecule has 0 bridgehead atoms. The zero-order valence-electron chi connectivity index (χ0n) is 7.96. The van der Waals surface area contributed by atoms with Crippen LogP contribution in [0.15, 0.2) is 0 Å². The molecule has 0 aromatic carbocycles. The van der Waals surface area contributed by atoms with Crippen molar-refractivity contribution >= 4 is 11.8 Å². The number of imide groups is 1. The van der Waals surface area contributed by atoms with Crippen LogP contribution in [0.4, 0.5) is 0 Å². The van der Waals surface area contributed by atoms with E-state index < -0.39 is 5.54 Å². The van der Waals surface area contributed by atoms with Gasteiger partial charge in [0.2, 0.25) is 11.8 Å². The normalized spacial score (nSPS) is 23.0. The van der Waals surface area contributed by atoms with Gasteiger partial charge >= 0.3 is 0 Å². The van der Waals surface area contributed by atoms with E-state index in [0.717, 1.165) is 0 Å². The first kappa shape index (κ1) is 10.1. The van der Waals surface area contributed by atoms with E-state index in [1.165, 1.54) is 0 Å². The molecule has 13 heavy (non-hydrogen) atoms. The van der Waals surface area contributed by atoms with Gasteiger partial charge < -0.3 is 5.73 Å². The second-order valence-corrected chi connectivity index (χ2v) is 3.65. The van der Waals surface area contributed by atoms with Crippen molar-refractivity contribution in [2.24, 2.45) is 5.73 Å². The Morgan fingerprint density at radius 1 is 1.54 bits per heavy atom. The number of hydrogen-bond donors (Lipinski definition) is 2. The Labute approximate surface area is 77.3 Å². The van der Waals surface area contributed by atoms with Gasteiger partial charge in [-0.25, -0.2) is 0 Å². The van der Waals surface area contributed by atoms with E-state index in [9.17, 15) is 9.59 Å². The molecule has 0 atom stereocenters. The molecule has 5 heteroatoms. The Morgan fingerprint density at radius 2 is 2.15 bits per heavy atom. The Bertz CT molecular complexity index is 238. The average Bonchev–Trinajstić information content (AvgIpc) is 2.01. The zero-order valence-corrected chi connectivity index (χ0v) is 7.96. The molecule has 1 heterocycles. The third kappa shape index (κ3) is 1.87. The summed E-state index contributed by atoms with van der Waals surface area (Å²) in [4.78, 5) is 24.2. The van der Waals surface area contributed by atoms with E-state index in [0.29, 0.717) is 13.1 Å². The predicted octanol–water partition coefficient (Wildman–Crippen LogP) is -1.32. The van der Waals surface area contributed by atoms with Crippen LogP contribution < -0.4 is 11.1 Å². The molecule has 1 aliphatic rings. The lowest BCUT2D eigenvalue weighted by molar-refractivity contribution is -0.145. The number of rotatable bonds is 2. The molecule has 5 nitrogen and oxygen atoms in total. The number of piperazine rings is 1. The Hall–Kier alpha value is -0.940. The van der Waals surface area contributed by atoms with Gasteiger partial charge in [-0.15, -0.1) is 0 Å². The van der Waals surface area contributed by atoms with Crippen LogP contribution in [0.25, 0.3) is 0 Å². The molecule has 0 aromatic heterocycles. The molecular weight excluding hydrogens is 170 g/mol. The summed E-state index contributed by atoms with van der Waals surface area (Å²) >= 11 is 0. The summed E-state index contributed by atoms with van der Waals surface area (Å²) in [6, 6.07) is 0. The highest BCUT2D eigenvalue weighted by Gasteiger charge is 2.40. The van der Waals surface area contributed by atoms with Crippen molar-refractivity contribution in [1.82, 2.24) is 10.2 Å². The fourth-order valence-corrected chi connectivity index (χ4v) is 1.35. The summed E-state index contributed by atoms with van der Waals surface area (Å²) in [6.45, 7) is 4.82. The van der Waals surface area contributed by atoms with Crippen molar-refractivity contribution in [3.05, 3.63) is 0 Å². The molecule has 2 amide bonds. The van der Waals surface area contributed by atoms with Crippen LogP contribution in [0.3, 0.4) is 0 Å². The lowest BCUT2D eigenvalue weighted by Crippen LogP contribution is -2.64. The van der Waals surface area contributed by atoms with Gasteiger partial charge in [0, 0.05) is 13.1 Å². The Balaban J connectivity index is 2.78. The Kier molecular flexibility index (Phi) is 2.68. The van der Waals surface area contributed by atoms with Crippen molar-refractivity contribution < 1.29 is 9.59 Å². The molecule has 0 unspecified atom stereocenters. The van der Waals surface area contributed by atoms with E-state index in [1.807, 2.05) is 0 Å². The molecule has 0 radical (unpaired) electrons. The fourth-order valence-electron chi connectivity index (χ4n) is 1.35. The van der Waals surface area contributed by atoms with Gasteiger partial charge in [-0.05, 0) is 13.8 Å². The minimum absolute atomic E-state index is 0.246. The molecule has 0 spiro atoms. The maximum Gasteiger partial charge on any atom is 0.246 e. The average molecular weight is 185 g/mol. The zero-order chi connectivity index (χ0) is 10.1. The maximum atomic E-state index is 11.4. The van der Waals surface area contributed by atoms with Crippen LogP contribution in [0, 0.1) is 0 Å². The van der Waals surface area contributed by atoms with Crippen molar-refractivity contribution in [3.8, 4) is 0 Å². The van der Waals surface area contributed by atoms with Crippen molar-refractivity contribution in [3.63, 3.8) is 0 Å². The number of nitrogens with one attached hydrogen (secondary N) is 1. The lowest BCUT2D eigenvalue weighted by Gasteiger charge is -2.39. The third-order valence-electron chi connectivity index (χ3n) is 2.33. The first-order valence-corrected chi connectivity index (χ1v) is 4.28. The quantitative estimate of drug-likeness (QED) is 0.523. The number of amides is 2. The standard InChI is InChI=1S/C8H15N3O2/c1-8(2)7(13)10-6(12)5-11(8)4-3-9/h3-5,9H2,1-2H3,(H,10,12,13). The van der Waals surface area contributed by atoms with Crippen LogP contribution in [0.5, 0.6) is 0 Å². The van der Waals surface area contributed by atoms with Gasteiger partial charge in [-0.3, -0.25) is 19.8 Å². The van der Waals surface area contributed by atoms with Crippen molar-refractivity contribution in [2.45, 2.75) is 19.4 Å². The van der Waals surface area contributed by atoms with E-state index in [1.54, 1.807) is 18.7 Å². The Morgan fingerprint density at radius 3 is 2.69 bits per heavy atom. The van der Waals surface area contributed by atoms with Crippen molar-refractivity contribution in [1.29, 1.82) is 0 Å². The SMILES string of the molecule is CC1(C)C(=O)NC(=O)CN1CCN. The highest BCUT2D eigenvalue weighted by atomic mass is 16.2. The summed E-state index contributed by atoms with van der Waals surface area (Å²) in [5.41, 5.74) is 4.76. The van der Waals surface area contributed by atoms with E-state index >= 15 is 0 Å². The molecule has 0 aromatic rings. The monoisotopic (exact) mass is 185 g/mol. The topological polar surface area (TPSA) is 75.4 Å². The molecule has 1 rings (SSSR count). The maximum absolute atomic E-state index is 11.4. The molecule has 0 aliphatic carbocycles. The minimum atomic E-state index is -0.632. The molecular formula is C8H15N3O2. The second-order valence-electron chi connectivity index (χ2n) is 3.65. The first-order valence-electron chi connectivity index (χ1n) is 4.28. The smallest absolute Gasteiger partial charge is 0.246 e. The van der Waals surface area contributed by atoms with Gasteiger partial charge in [-0.2, -0.15) is 0 Å². The van der Waals surface area contributed by atoms with Crippen molar-refractivity contribution in [2.75, 3.05) is 19.6 Å². The highest BCUT2D eigenvalue weighted by molar-refractivity contribution is 6.02. The molecule has 0 saturated carbocycles. The molecule has 1 aliphatic heterocycles. The largest absolute Gasteiger partial charge is 0.329 e. The predicted molar refractivity (Wildman–Crippen MR) is 47.9 cm³/mol. The second kappa shape index (κ2) is 3.43. The summed E-state index contributed by atoms with van der Waals surface area (Å²) in [7, 11) is 0. The third-order valence-corrected chi connectivity index (χ3v) is 2.33. The van der Waals surface area contributed by atoms with Gasteiger partial charge in [0.05, 0.1) is 12.1 Å². The summed E-state index contributed by atoms with van der Waals surface area (Å²) < 4.78 is 0. The van der Waals surface area contributed by atoms with Crippen LogP contribution in [0.1, 0.15) is 13.8 Å². The first-order chi connectivity index (χ1) is 5.98. The number of carbonyl (C=O) groups is 2. The lowest BCUT2D eigenvalue weighted by atomic mass is 9.99. The van der Waals surface area contributed by atoms with Gasteiger partial charge in [0.1, 0.15) is 0 Å². The molecule has 74 valence electrons. The van der Waals surface area contributed by atoms with E-state index in [4.69, 9.17) is 5.73 Å². The number of nitrogens with zero attached hydrogens (tertiary/aromatic N) is 1. The highest BCUT2D eigenvalue weighted by Crippen LogP contribution is 2.16. The number of carbonyl (C=O) groups excluding carboxylic acids is 2. The number of nitrogens with two attached hydrogens (primary N) is 1. The molecule has 3 N–H and O–H groups in total. The van der Waals surface area contributed by atoms with Crippen LogP contribution in [-0.2, 0) is 9.59 Å². The molecule has 1 fully saturated rings. The summed E-state index contributed by atoms with van der Waals surface area (Å²) in [5, 5.41) is 2.30. The van der Waals surface area contributed by atoms with Gasteiger partial charge in [0.25, 0.3) is 0 Å². The fraction of sp³-hybridized carbons (Fsp3) is 0.750. The molecule has 1 saturated heterocycles. The minimum Gasteiger partial charge on any atom is -0.329 e. The van der Waals surface area contributed by atoms with Crippen LogP contribution in [-0.4, -0.2) is 41.9 Å². The number of hydrogen-bond acceptors (Lipinski definition) is 4. The summed E-state index contributed by atoms with van der Waals surface area (Å²) in [5.74, 6) is -0.505. The van der Waals surface area contributed by atoms with Gasteiger partial charge in [0.15, 0.2) is 0 Å².